The molecule has 1 saturated heterocycles. The van der Waals surface area contributed by atoms with E-state index in [0.29, 0.717) is 6.54 Å². The highest BCUT2D eigenvalue weighted by molar-refractivity contribution is 5.71. The molecule has 0 radical (unpaired) electrons. The normalized spacial score (nSPS) is 28.8. The molecule has 12 heavy (non-hydrogen) atoms. The Kier molecular flexibility index (Phi) is 2.40. The van der Waals surface area contributed by atoms with E-state index in [1.54, 1.807) is 0 Å². The second-order valence-electron chi connectivity index (χ2n) is 3.38. The van der Waals surface area contributed by atoms with Gasteiger partial charge in [-0.15, -0.1) is 0 Å². The lowest BCUT2D eigenvalue weighted by Gasteiger charge is -2.19. The minimum absolute atomic E-state index is 0.277. The number of carbonyl (C=O) groups excluding carboxylic acids is 1. The minimum Gasteiger partial charge on any atom is -0.441 e. The molecule has 68 valence electrons. The molecule has 0 spiro atoms. The summed E-state index contributed by atoms with van der Waals surface area (Å²) in [6, 6.07) is 0. The van der Waals surface area contributed by atoms with Gasteiger partial charge in [0.05, 0.1) is 6.54 Å². The molecular weight excluding hydrogens is 154 g/mol. The fourth-order valence-electron chi connectivity index (χ4n) is 1.52. The number of hydrogen-bond acceptors (Lipinski definition) is 2. The van der Waals surface area contributed by atoms with Crippen molar-refractivity contribution in [2.45, 2.75) is 32.3 Å². The van der Waals surface area contributed by atoms with Crippen molar-refractivity contribution in [3.05, 3.63) is 12.8 Å². The maximum atomic E-state index is 11.1. The first-order valence-electron chi connectivity index (χ1n) is 4.23. The standard InChI is InChI=1S/C9H15NO2/c1-4-6-9(3)7-10(5-2)8(11)12-9/h5H,2,4,6-7H2,1,3H3. The minimum atomic E-state index is -0.306. The molecule has 3 heteroatoms. The van der Waals surface area contributed by atoms with Gasteiger partial charge in [0.2, 0.25) is 0 Å². The van der Waals surface area contributed by atoms with Gasteiger partial charge in [-0.25, -0.2) is 4.79 Å². The lowest BCUT2D eigenvalue weighted by molar-refractivity contribution is 0.0644. The number of hydrogen-bond donors (Lipinski definition) is 0. The summed E-state index contributed by atoms with van der Waals surface area (Å²) in [7, 11) is 0. The molecule has 0 aromatic heterocycles. The van der Waals surface area contributed by atoms with Gasteiger partial charge in [-0.3, -0.25) is 4.90 Å². The van der Waals surface area contributed by atoms with Crippen LogP contribution in [-0.4, -0.2) is 23.1 Å². The molecule has 1 rings (SSSR count). The van der Waals surface area contributed by atoms with E-state index < -0.39 is 0 Å². The van der Waals surface area contributed by atoms with Gasteiger partial charge in [0.15, 0.2) is 0 Å². The Morgan fingerprint density at radius 3 is 2.92 bits per heavy atom. The summed E-state index contributed by atoms with van der Waals surface area (Å²) in [5.74, 6) is 0. The molecule has 1 unspecified atom stereocenters. The van der Waals surface area contributed by atoms with Crippen molar-refractivity contribution >= 4 is 6.09 Å². The van der Waals surface area contributed by atoms with Gasteiger partial charge >= 0.3 is 6.09 Å². The van der Waals surface area contributed by atoms with Crippen LogP contribution < -0.4 is 0 Å². The lowest BCUT2D eigenvalue weighted by atomic mass is 10.0. The van der Waals surface area contributed by atoms with Crippen LogP contribution in [-0.2, 0) is 4.74 Å². The van der Waals surface area contributed by atoms with E-state index >= 15 is 0 Å². The summed E-state index contributed by atoms with van der Waals surface area (Å²) in [4.78, 5) is 12.6. The second-order valence-corrected chi connectivity index (χ2v) is 3.38. The quantitative estimate of drug-likeness (QED) is 0.647. The maximum absolute atomic E-state index is 11.1. The summed E-state index contributed by atoms with van der Waals surface area (Å²) in [5, 5.41) is 0. The van der Waals surface area contributed by atoms with Gasteiger partial charge < -0.3 is 4.74 Å². The Morgan fingerprint density at radius 1 is 1.83 bits per heavy atom. The molecule has 0 N–H and O–H groups in total. The number of amides is 1. The summed E-state index contributed by atoms with van der Waals surface area (Å²) >= 11 is 0. The number of carbonyl (C=O) groups is 1. The van der Waals surface area contributed by atoms with Crippen molar-refractivity contribution in [1.82, 2.24) is 4.90 Å². The van der Waals surface area contributed by atoms with Crippen LogP contribution in [0.3, 0.4) is 0 Å². The zero-order valence-corrected chi connectivity index (χ0v) is 7.67. The fraction of sp³-hybridized carbons (Fsp3) is 0.667. The van der Waals surface area contributed by atoms with Crippen LogP contribution in [0, 0.1) is 0 Å². The van der Waals surface area contributed by atoms with Gasteiger partial charge in [-0.2, -0.15) is 0 Å². The Balaban J connectivity index is 2.63. The van der Waals surface area contributed by atoms with Gasteiger partial charge in [0.25, 0.3) is 0 Å². The van der Waals surface area contributed by atoms with Crippen molar-refractivity contribution in [3.8, 4) is 0 Å². The Hall–Kier alpha value is -0.990. The van der Waals surface area contributed by atoms with Crippen molar-refractivity contribution < 1.29 is 9.53 Å². The predicted octanol–water partition coefficient (Wildman–Crippen LogP) is 2.14. The lowest BCUT2D eigenvalue weighted by Crippen LogP contribution is -2.28. The maximum Gasteiger partial charge on any atom is 0.414 e. The molecular formula is C9H15NO2. The largest absolute Gasteiger partial charge is 0.441 e. The molecule has 0 aromatic carbocycles. The highest BCUT2D eigenvalue weighted by atomic mass is 16.6. The highest BCUT2D eigenvalue weighted by Crippen LogP contribution is 2.26. The van der Waals surface area contributed by atoms with Crippen LogP contribution >= 0.6 is 0 Å². The summed E-state index contributed by atoms with van der Waals surface area (Å²) < 4.78 is 5.21. The number of nitrogens with zero attached hydrogens (tertiary/aromatic N) is 1. The Bertz CT molecular complexity index is 203. The number of cyclic esters (lactones) is 1. The number of ether oxygens (including phenoxy) is 1. The first kappa shape index (κ1) is 9.10. The third-order valence-corrected chi connectivity index (χ3v) is 2.07. The summed E-state index contributed by atoms with van der Waals surface area (Å²) in [6.45, 7) is 8.21. The molecule has 1 fully saturated rings. The van der Waals surface area contributed by atoms with E-state index in [2.05, 4.69) is 13.5 Å². The smallest absolute Gasteiger partial charge is 0.414 e. The Morgan fingerprint density at radius 2 is 2.50 bits per heavy atom. The van der Waals surface area contributed by atoms with E-state index in [9.17, 15) is 4.79 Å². The zero-order chi connectivity index (χ0) is 9.19. The van der Waals surface area contributed by atoms with E-state index in [-0.39, 0.29) is 11.7 Å². The molecule has 1 heterocycles. The molecule has 1 amide bonds. The van der Waals surface area contributed by atoms with Crippen LogP contribution in [0.4, 0.5) is 4.79 Å². The van der Waals surface area contributed by atoms with Crippen molar-refractivity contribution in [2.75, 3.05) is 6.54 Å². The third kappa shape index (κ3) is 1.60. The molecule has 0 aromatic rings. The van der Waals surface area contributed by atoms with Crippen LogP contribution in [0.15, 0.2) is 12.8 Å². The highest BCUT2D eigenvalue weighted by Gasteiger charge is 2.39. The van der Waals surface area contributed by atoms with Gasteiger partial charge in [0, 0.05) is 6.20 Å². The topological polar surface area (TPSA) is 29.5 Å². The van der Waals surface area contributed by atoms with E-state index in [1.165, 1.54) is 11.1 Å². The van der Waals surface area contributed by atoms with Crippen LogP contribution in [0.2, 0.25) is 0 Å². The first-order chi connectivity index (χ1) is 5.61. The zero-order valence-electron chi connectivity index (χ0n) is 7.67. The van der Waals surface area contributed by atoms with Gasteiger partial charge in [-0.1, -0.05) is 19.9 Å². The van der Waals surface area contributed by atoms with Crippen molar-refractivity contribution in [2.24, 2.45) is 0 Å². The van der Waals surface area contributed by atoms with E-state index in [4.69, 9.17) is 4.74 Å². The molecule has 3 nitrogen and oxygen atoms in total. The van der Waals surface area contributed by atoms with Crippen molar-refractivity contribution in [3.63, 3.8) is 0 Å². The SMILES string of the molecule is C=CN1CC(C)(CCC)OC1=O. The summed E-state index contributed by atoms with van der Waals surface area (Å²) in [5.41, 5.74) is -0.306. The summed E-state index contributed by atoms with van der Waals surface area (Å²) in [6.07, 6.45) is 3.17. The second kappa shape index (κ2) is 3.17. The molecule has 1 aliphatic rings. The fourth-order valence-corrected chi connectivity index (χ4v) is 1.52. The molecule has 1 atom stereocenters. The van der Waals surface area contributed by atoms with Crippen LogP contribution in [0.25, 0.3) is 0 Å². The van der Waals surface area contributed by atoms with Gasteiger partial charge in [-0.05, 0) is 13.3 Å². The van der Waals surface area contributed by atoms with Crippen molar-refractivity contribution in [1.29, 1.82) is 0 Å². The monoisotopic (exact) mass is 169 g/mol. The average Bonchev–Trinajstić information content (AvgIpc) is 2.27. The molecule has 1 aliphatic heterocycles. The predicted molar refractivity (Wildman–Crippen MR) is 46.7 cm³/mol. The number of rotatable bonds is 3. The van der Waals surface area contributed by atoms with E-state index in [1.807, 2.05) is 6.92 Å². The Labute approximate surface area is 73.0 Å². The molecule has 0 bridgehead atoms. The third-order valence-electron chi connectivity index (χ3n) is 2.07. The van der Waals surface area contributed by atoms with Gasteiger partial charge in [0.1, 0.15) is 5.60 Å². The first-order valence-corrected chi connectivity index (χ1v) is 4.23. The van der Waals surface area contributed by atoms with Crippen LogP contribution in [0.5, 0.6) is 0 Å². The average molecular weight is 169 g/mol. The molecule has 0 aliphatic carbocycles. The molecule has 0 saturated carbocycles. The van der Waals surface area contributed by atoms with Crippen LogP contribution in [0.1, 0.15) is 26.7 Å². The van der Waals surface area contributed by atoms with E-state index in [0.717, 1.165) is 12.8 Å².